The Bertz CT molecular complexity index is 421. The maximum atomic E-state index is 12.6. The molecule has 1 aromatic carbocycles. The van der Waals surface area contributed by atoms with E-state index in [-0.39, 0.29) is 0 Å². The minimum absolute atomic E-state index is 0.351. The van der Waals surface area contributed by atoms with Gasteiger partial charge in [-0.15, -0.1) is 0 Å². The van der Waals surface area contributed by atoms with Gasteiger partial charge >= 0.3 is 7.60 Å². The number of hydrogen-bond donors (Lipinski definition) is 0. The molecule has 0 radical (unpaired) electrons. The van der Waals surface area contributed by atoms with E-state index in [1.807, 2.05) is 19.9 Å². The van der Waals surface area contributed by atoms with E-state index < -0.39 is 7.60 Å². The lowest BCUT2D eigenvalue weighted by Gasteiger charge is -2.19. The van der Waals surface area contributed by atoms with Crippen molar-refractivity contribution < 1.29 is 18.3 Å². The lowest BCUT2D eigenvalue weighted by atomic mass is 10.2. The van der Waals surface area contributed by atoms with Crippen LogP contribution in [-0.2, 0) is 13.6 Å². The maximum Gasteiger partial charge on any atom is 0.361 e. The van der Waals surface area contributed by atoms with Crippen LogP contribution in [0.15, 0.2) is 18.2 Å². The molecule has 0 aliphatic heterocycles. The molecule has 0 aliphatic rings. The zero-order valence-corrected chi connectivity index (χ0v) is 12.3. The standard InChI is InChI=1S/C13H21O4P/c1-5-15-12-8-9-13(11(4)10-12)18(14,16-6-2)17-7-3/h8-10H,5-7H2,1-4H3. The van der Waals surface area contributed by atoms with Crippen molar-refractivity contribution in [1.82, 2.24) is 0 Å². The average molecular weight is 272 g/mol. The maximum absolute atomic E-state index is 12.6. The highest BCUT2D eigenvalue weighted by Gasteiger charge is 2.28. The third kappa shape index (κ3) is 3.58. The number of aryl methyl sites for hydroxylation is 1. The van der Waals surface area contributed by atoms with Gasteiger partial charge in [-0.25, -0.2) is 0 Å². The van der Waals surface area contributed by atoms with Crippen LogP contribution < -0.4 is 10.0 Å². The highest BCUT2D eigenvalue weighted by Crippen LogP contribution is 2.47. The largest absolute Gasteiger partial charge is 0.494 e. The SMILES string of the molecule is CCOc1ccc(P(=O)(OCC)OCC)c(C)c1. The Hall–Kier alpha value is -0.830. The first-order valence-electron chi connectivity index (χ1n) is 6.20. The molecule has 1 aromatic rings. The number of benzene rings is 1. The minimum Gasteiger partial charge on any atom is -0.494 e. The van der Waals surface area contributed by atoms with Crippen LogP contribution in [0.5, 0.6) is 5.75 Å². The van der Waals surface area contributed by atoms with E-state index in [1.165, 1.54) is 0 Å². The van der Waals surface area contributed by atoms with Gasteiger partial charge in [0.15, 0.2) is 0 Å². The highest BCUT2D eigenvalue weighted by molar-refractivity contribution is 7.62. The Morgan fingerprint density at radius 2 is 1.67 bits per heavy atom. The number of hydrogen-bond acceptors (Lipinski definition) is 4. The van der Waals surface area contributed by atoms with Gasteiger partial charge in [0.05, 0.1) is 25.1 Å². The predicted octanol–water partition coefficient (Wildman–Crippen LogP) is 3.29. The van der Waals surface area contributed by atoms with Gasteiger partial charge < -0.3 is 13.8 Å². The van der Waals surface area contributed by atoms with Gasteiger partial charge in [-0.05, 0) is 51.5 Å². The van der Waals surface area contributed by atoms with Crippen LogP contribution in [0.2, 0.25) is 0 Å². The lowest BCUT2D eigenvalue weighted by Crippen LogP contribution is -2.14. The Kier molecular flexibility index (Phi) is 5.86. The van der Waals surface area contributed by atoms with Crippen molar-refractivity contribution in [1.29, 1.82) is 0 Å². The van der Waals surface area contributed by atoms with E-state index in [1.54, 1.807) is 26.0 Å². The molecule has 1 rings (SSSR count). The van der Waals surface area contributed by atoms with Crippen LogP contribution >= 0.6 is 7.60 Å². The van der Waals surface area contributed by atoms with Crippen LogP contribution in [0, 0.1) is 6.92 Å². The second-order valence-corrected chi connectivity index (χ2v) is 5.71. The quantitative estimate of drug-likeness (QED) is 0.714. The normalized spacial score (nSPS) is 11.6. The van der Waals surface area contributed by atoms with Crippen LogP contribution in [0.4, 0.5) is 0 Å². The molecule has 0 heterocycles. The molecular formula is C13H21O4P. The first-order chi connectivity index (χ1) is 8.57. The predicted molar refractivity (Wildman–Crippen MR) is 72.8 cm³/mol. The molecule has 0 N–H and O–H groups in total. The molecule has 0 aliphatic carbocycles. The summed E-state index contributed by atoms with van der Waals surface area (Å²) in [7, 11) is -3.20. The van der Waals surface area contributed by atoms with Crippen LogP contribution in [0.25, 0.3) is 0 Å². The van der Waals surface area contributed by atoms with E-state index in [0.717, 1.165) is 11.3 Å². The molecule has 5 heteroatoms. The zero-order valence-electron chi connectivity index (χ0n) is 11.4. The van der Waals surface area contributed by atoms with Crippen LogP contribution in [0.1, 0.15) is 26.3 Å². The first kappa shape index (κ1) is 15.2. The average Bonchev–Trinajstić information content (AvgIpc) is 2.30. The van der Waals surface area contributed by atoms with Crippen molar-refractivity contribution >= 4 is 12.9 Å². The van der Waals surface area contributed by atoms with Crippen LogP contribution in [0.3, 0.4) is 0 Å². The smallest absolute Gasteiger partial charge is 0.361 e. The Labute approximate surface area is 109 Å². The van der Waals surface area contributed by atoms with Crippen LogP contribution in [-0.4, -0.2) is 19.8 Å². The third-order valence-electron chi connectivity index (χ3n) is 2.37. The number of ether oxygens (including phenoxy) is 1. The summed E-state index contributed by atoms with van der Waals surface area (Å²) in [6, 6.07) is 5.40. The summed E-state index contributed by atoms with van der Waals surface area (Å²) in [5.74, 6) is 0.762. The lowest BCUT2D eigenvalue weighted by molar-refractivity contribution is 0.230. The van der Waals surface area contributed by atoms with Crippen molar-refractivity contribution in [2.45, 2.75) is 27.7 Å². The van der Waals surface area contributed by atoms with Gasteiger partial charge in [-0.2, -0.15) is 0 Å². The van der Waals surface area contributed by atoms with Crippen molar-refractivity contribution in [3.63, 3.8) is 0 Å². The Morgan fingerprint density at radius 1 is 1.06 bits per heavy atom. The van der Waals surface area contributed by atoms with E-state index in [4.69, 9.17) is 13.8 Å². The molecule has 0 saturated heterocycles. The Morgan fingerprint density at radius 3 is 2.11 bits per heavy atom. The monoisotopic (exact) mass is 272 g/mol. The Balaban J connectivity index is 3.09. The van der Waals surface area contributed by atoms with Crippen molar-refractivity contribution in [2.75, 3.05) is 19.8 Å². The molecule has 0 atom stereocenters. The fraction of sp³-hybridized carbons (Fsp3) is 0.538. The van der Waals surface area contributed by atoms with Gasteiger partial charge in [0, 0.05) is 0 Å². The molecule has 0 saturated carbocycles. The molecule has 0 aromatic heterocycles. The summed E-state index contributed by atoms with van der Waals surface area (Å²) >= 11 is 0. The molecule has 0 amide bonds. The second-order valence-electron chi connectivity index (χ2n) is 3.71. The van der Waals surface area contributed by atoms with Gasteiger partial charge in [-0.3, -0.25) is 4.57 Å². The molecule has 18 heavy (non-hydrogen) atoms. The molecule has 0 fully saturated rings. The molecule has 0 bridgehead atoms. The first-order valence-corrected chi connectivity index (χ1v) is 7.74. The molecule has 102 valence electrons. The summed E-state index contributed by atoms with van der Waals surface area (Å²) in [6.45, 7) is 8.71. The summed E-state index contributed by atoms with van der Waals surface area (Å²) in [5.41, 5.74) is 0.853. The molecule has 0 unspecified atom stereocenters. The summed E-state index contributed by atoms with van der Waals surface area (Å²) in [5, 5.41) is 0.606. The van der Waals surface area contributed by atoms with E-state index >= 15 is 0 Å². The van der Waals surface area contributed by atoms with E-state index in [9.17, 15) is 4.57 Å². The summed E-state index contributed by atoms with van der Waals surface area (Å²) in [6.07, 6.45) is 0. The van der Waals surface area contributed by atoms with Gasteiger partial charge in [0.25, 0.3) is 0 Å². The fourth-order valence-electron chi connectivity index (χ4n) is 1.71. The van der Waals surface area contributed by atoms with Crippen molar-refractivity contribution in [3.8, 4) is 5.75 Å². The minimum atomic E-state index is -3.20. The molecule has 4 nitrogen and oxygen atoms in total. The highest BCUT2D eigenvalue weighted by atomic mass is 31.2. The molecule has 0 spiro atoms. The summed E-state index contributed by atoms with van der Waals surface area (Å²) in [4.78, 5) is 0. The topological polar surface area (TPSA) is 44.8 Å². The van der Waals surface area contributed by atoms with Crippen molar-refractivity contribution in [3.05, 3.63) is 23.8 Å². The third-order valence-corrected chi connectivity index (χ3v) is 4.66. The van der Waals surface area contributed by atoms with Gasteiger partial charge in [0.2, 0.25) is 0 Å². The van der Waals surface area contributed by atoms with E-state index in [0.29, 0.717) is 25.1 Å². The number of rotatable bonds is 7. The zero-order chi connectivity index (χ0) is 13.6. The molecular weight excluding hydrogens is 251 g/mol. The van der Waals surface area contributed by atoms with E-state index in [2.05, 4.69) is 0 Å². The summed E-state index contributed by atoms with van der Waals surface area (Å²) < 4.78 is 28.7. The second kappa shape index (κ2) is 6.93. The van der Waals surface area contributed by atoms with Gasteiger partial charge in [0.1, 0.15) is 5.75 Å². The van der Waals surface area contributed by atoms with Gasteiger partial charge in [-0.1, -0.05) is 0 Å². The van der Waals surface area contributed by atoms with Crippen molar-refractivity contribution in [2.24, 2.45) is 0 Å². The fourth-order valence-corrected chi connectivity index (χ4v) is 3.49.